The van der Waals surface area contributed by atoms with Crippen molar-refractivity contribution in [2.24, 2.45) is 0 Å². The van der Waals surface area contributed by atoms with Crippen LogP contribution >= 0.6 is 11.3 Å². The Balaban J connectivity index is 1.38. The lowest BCUT2D eigenvalue weighted by atomic mass is 10.1. The van der Waals surface area contributed by atoms with Crippen LogP contribution in [-0.2, 0) is 16.3 Å². The molecule has 6 rings (SSSR count). The van der Waals surface area contributed by atoms with Crippen LogP contribution in [0.2, 0.25) is 0 Å². The van der Waals surface area contributed by atoms with E-state index in [4.69, 9.17) is 4.98 Å². The third kappa shape index (κ3) is 4.04. The maximum absolute atomic E-state index is 13.6. The summed E-state index contributed by atoms with van der Waals surface area (Å²) in [6, 6.07) is 15.5. The molecule has 10 heteroatoms. The minimum Gasteiger partial charge on any atom is -0.368 e. The van der Waals surface area contributed by atoms with Gasteiger partial charge in [-0.15, -0.1) is 16.4 Å². The van der Waals surface area contributed by atoms with Crippen molar-refractivity contribution in [1.29, 1.82) is 0 Å². The minimum absolute atomic E-state index is 0.111. The Hall–Kier alpha value is -3.50. The van der Waals surface area contributed by atoms with Gasteiger partial charge in [-0.3, -0.25) is 0 Å². The van der Waals surface area contributed by atoms with Crippen molar-refractivity contribution in [3.8, 4) is 0 Å². The van der Waals surface area contributed by atoms with Crippen LogP contribution in [-0.4, -0.2) is 54.4 Å². The highest BCUT2D eigenvalue weighted by molar-refractivity contribution is 7.91. The summed E-state index contributed by atoms with van der Waals surface area (Å²) in [6.07, 6.45) is 0.840. The Morgan fingerprint density at radius 1 is 0.946 bits per heavy atom. The second kappa shape index (κ2) is 9.11. The van der Waals surface area contributed by atoms with Crippen LogP contribution in [0.15, 0.2) is 63.8 Å². The molecule has 2 aromatic carbocycles. The molecule has 1 saturated heterocycles. The summed E-state index contributed by atoms with van der Waals surface area (Å²) in [4.78, 5) is 9.75. The fraction of sp³-hybridized carbons (Fsp3) is 0.296. The molecule has 1 aliphatic heterocycles. The van der Waals surface area contributed by atoms with Crippen molar-refractivity contribution in [1.82, 2.24) is 19.8 Å². The van der Waals surface area contributed by atoms with E-state index >= 15 is 0 Å². The maximum atomic E-state index is 13.6. The van der Waals surface area contributed by atoms with Gasteiger partial charge in [0.05, 0.1) is 15.1 Å². The first-order valence-electron chi connectivity index (χ1n) is 12.4. The zero-order valence-corrected chi connectivity index (χ0v) is 22.7. The third-order valence-corrected chi connectivity index (χ3v) is 9.65. The standard InChI is InChI=1S/C27H28N6O2S2/c1-4-20-7-9-21(10-8-20)37(34,35)27-26-28-25(24-22(11-16-36-24)33(26)30-29-27)32-14-12-31(13-15-32)23-17-18(2)5-6-19(23)3/h5-11,16-17H,4,12-15H2,1-3H3. The van der Waals surface area contributed by atoms with E-state index in [2.05, 4.69) is 52.2 Å². The quantitative estimate of drug-likeness (QED) is 0.325. The van der Waals surface area contributed by atoms with E-state index in [-0.39, 0.29) is 15.6 Å². The fourth-order valence-corrected chi connectivity index (χ4v) is 7.05. The van der Waals surface area contributed by atoms with Crippen LogP contribution in [0.4, 0.5) is 11.5 Å². The average molecular weight is 533 g/mol. The Morgan fingerprint density at radius 3 is 2.41 bits per heavy atom. The SMILES string of the molecule is CCc1ccc(S(=O)(=O)c2nnn3c2nc(N2CCN(c4cc(C)ccc4C)CC2)c2sccc23)cc1. The van der Waals surface area contributed by atoms with E-state index in [1.807, 2.05) is 30.5 Å². The van der Waals surface area contributed by atoms with Crippen LogP contribution in [0.25, 0.3) is 15.9 Å². The van der Waals surface area contributed by atoms with Gasteiger partial charge in [0.1, 0.15) is 0 Å². The number of aryl methyl sites for hydroxylation is 3. The predicted octanol–water partition coefficient (Wildman–Crippen LogP) is 4.68. The molecule has 1 aliphatic rings. The number of fused-ring (bicyclic) bond motifs is 3. The molecule has 0 N–H and O–H groups in total. The van der Waals surface area contributed by atoms with Crippen molar-refractivity contribution < 1.29 is 8.42 Å². The van der Waals surface area contributed by atoms with Gasteiger partial charge in [-0.05, 0) is 66.6 Å². The Labute approximate surface area is 220 Å². The molecule has 0 amide bonds. The van der Waals surface area contributed by atoms with Gasteiger partial charge in [-0.2, -0.15) is 4.52 Å². The summed E-state index contributed by atoms with van der Waals surface area (Å²) >= 11 is 1.59. The summed E-state index contributed by atoms with van der Waals surface area (Å²) in [6.45, 7) is 9.59. The summed E-state index contributed by atoms with van der Waals surface area (Å²) in [5, 5.41) is 10.2. The number of rotatable bonds is 5. The fourth-order valence-electron chi connectivity index (χ4n) is 4.93. The molecule has 0 unspecified atom stereocenters. The molecular weight excluding hydrogens is 504 g/mol. The highest BCUT2D eigenvalue weighted by atomic mass is 32.2. The van der Waals surface area contributed by atoms with Gasteiger partial charge in [0, 0.05) is 31.9 Å². The number of thiophene rings is 1. The van der Waals surface area contributed by atoms with Crippen molar-refractivity contribution in [2.45, 2.75) is 37.1 Å². The molecule has 3 aromatic heterocycles. The third-order valence-electron chi connectivity index (χ3n) is 7.09. The number of piperazine rings is 1. The number of nitrogens with zero attached hydrogens (tertiary/aromatic N) is 6. The van der Waals surface area contributed by atoms with Crippen LogP contribution in [0.5, 0.6) is 0 Å². The Bertz CT molecular complexity index is 1720. The second-order valence-corrected chi connectivity index (χ2v) is 12.2. The molecule has 190 valence electrons. The average Bonchev–Trinajstić information content (AvgIpc) is 3.57. The largest absolute Gasteiger partial charge is 0.368 e. The van der Waals surface area contributed by atoms with Crippen molar-refractivity contribution in [2.75, 3.05) is 36.0 Å². The smallest absolute Gasteiger partial charge is 0.229 e. The highest BCUT2D eigenvalue weighted by Crippen LogP contribution is 2.34. The molecule has 37 heavy (non-hydrogen) atoms. The molecule has 8 nitrogen and oxygen atoms in total. The van der Waals surface area contributed by atoms with Gasteiger partial charge in [-0.25, -0.2) is 13.4 Å². The first kappa shape index (κ1) is 23.9. The lowest BCUT2D eigenvalue weighted by Crippen LogP contribution is -2.47. The first-order valence-corrected chi connectivity index (χ1v) is 14.8. The van der Waals surface area contributed by atoms with E-state index < -0.39 is 9.84 Å². The molecule has 0 radical (unpaired) electrons. The van der Waals surface area contributed by atoms with E-state index in [9.17, 15) is 8.42 Å². The van der Waals surface area contributed by atoms with Crippen molar-refractivity contribution in [3.63, 3.8) is 0 Å². The molecule has 1 fully saturated rings. The van der Waals surface area contributed by atoms with E-state index in [0.717, 1.165) is 54.2 Å². The lowest BCUT2D eigenvalue weighted by molar-refractivity contribution is 0.592. The van der Waals surface area contributed by atoms with Gasteiger partial charge in [0.25, 0.3) is 0 Å². The first-order chi connectivity index (χ1) is 17.9. The van der Waals surface area contributed by atoms with Crippen LogP contribution in [0.3, 0.4) is 0 Å². The van der Waals surface area contributed by atoms with Crippen molar-refractivity contribution in [3.05, 3.63) is 70.6 Å². The Morgan fingerprint density at radius 2 is 1.68 bits per heavy atom. The number of aromatic nitrogens is 4. The van der Waals surface area contributed by atoms with Crippen LogP contribution < -0.4 is 9.80 Å². The monoisotopic (exact) mass is 532 g/mol. The van der Waals surface area contributed by atoms with Gasteiger partial charge in [0.15, 0.2) is 11.5 Å². The molecule has 5 aromatic rings. The zero-order valence-electron chi connectivity index (χ0n) is 21.0. The van der Waals surface area contributed by atoms with Crippen LogP contribution in [0.1, 0.15) is 23.6 Å². The topological polar surface area (TPSA) is 83.7 Å². The molecule has 4 heterocycles. The number of anilines is 2. The number of hydrogen-bond acceptors (Lipinski definition) is 8. The van der Waals surface area contributed by atoms with Crippen molar-refractivity contribution >= 4 is 48.5 Å². The van der Waals surface area contributed by atoms with Gasteiger partial charge >= 0.3 is 0 Å². The number of sulfone groups is 1. The van der Waals surface area contributed by atoms with Crippen LogP contribution in [0, 0.1) is 13.8 Å². The summed E-state index contributed by atoms with van der Waals surface area (Å²) < 4.78 is 29.6. The maximum Gasteiger partial charge on any atom is 0.229 e. The molecule has 0 bridgehead atoms. The van der Waals surface area contributed by atoms with Gasteiger partial charge < -0.3 is 9.80 Å². The summed E-state index contributed by atoms with van der Waals surface area (Å²) in [5.74, 6) is 0.790. The van der Waals surface area contributed by atoms with E-state index in [0.29, 0.717) is 0 Å². The van der Waals surface area contributed by atoms with Gasteiger partial charge in [0.2, 0.25) is 14.9 Å². The van der Waals surface area contributed by atoms with E-state index in [1.54, 1.807) is 28.0 Å². The van der Waals surface area contributed by atoms with E-state index in [1.165, 1.54) is 16.8 Å². The predicted molar refractivity (Wildman–Crippen MR) is 148 cm³/mol. The summed E-state index contributed by atoms with van der Waals surface area (Å²) in [5.41, 5.74) is 5.95. The normalized spacial score (nSPS) is 14.7. The molecule has 0 aliphatic carbocycles. The number of benzene rings is 2. The molecule has 0 spiro atoms. The summed E-state index contributed by atoms with van der Waals surface area (Å²) in [7, 11) is -3.88. The highest BCUT2D eigenvalue weighted by Gasteiger charge is 2.29. The molecule has 0 atom stereocenters. The minimum atomic E-state index is -3.88. The van der Waals surface area contributed by atoms with Gasteiger partial charge in [-0.1, -0.05) is 36.4 Å². The second-order valence-electron chi connectivity index (χ2n) is 9.47. The molecular formula is C27H28N6O2S2. The molecule has 0 saturated carbocycles. The lowest BCUT2D eigenvalue weighted by Gasteiger charge is -2.37. The number of hydrogen-bond donors (Lipinski definition) is 0. The Kier molecular flexibility index (Phi) is 5.88. The zero-order chi connectivity index (χ0) is 25.7.